The van der Waals surface area contributed by atoms with Crippen molar-refractivity contribution in [2.24, 2.45) is 0 Å². The number of H-pyrrole nitrogens is 1. The van der Waals surface area contributed by atoms with Gasteiger partial charge in [0.15, 0.2) is 11.7 Å². The number of para-hydroxylation sites is 1. The molecular weight excluding hydrogens is 290 g/mol. The molecule has 1 unspecified atom stereocenters. The van der Waals surface area contributed by atoms with Crippen LogP contribution in [0.5, 0.6) is 0 Å². The normalized spacial score (nSPS) is 11.8. The van der Waals surface area contributed by atoms with Gasteiger partial charge < -0.3 is 4.98 Å². The second kappa shape index (κ2) is 5.85. The summed E-state index contributed by atoms with van der Waals surface area (Å²) in [6, 6.07) is 15.8. The predicted octanol–water partition coefficient (Wildman–Crippen LogP) is 2.72. The minimum Gasteiger partial charge on any atom is -0.308 e. The molecule has 3 rings (SSSR count). The summed E-state index contributed by atoms with van der Waals surface area (Å²) in [6.45, 7) is 1.87. The van der Waals surface area contributed by atoms with Gasteiger partial charge in [-0.05, 0) is 25.1 Å². The summed E-state index contributed by atoms with van der Waals surface area (Å²) in [4.78, 5) is 31.5. The maximum absolute atomic E-state index is 12.6. The Morgan fingerprint density at radius 1 is 1.22 bits per heavy atom. The Morgan fingerprint density at radius 3 is 2.74 bits per heavy atom. The fourth-order valence-electron chi connectivity index (χ4n) is 2.45. The molecule has 0 saturated heterocycles. The minimum absolute atomic E-state index is 0.0720. The predicted molar refractivity (Wildman–Crippen MR) is 86.2 cm³/mol. The van der Waals surface area contributed by atoms with Crippen LogP contribution in [-0.2, 0) is 0 Å². The molecular formula is C18H13N3O2. The van der Waals surface area contributed by atoms with E-state index >= 15 is 0 Å². The molecule has 0 aliphatic heterocycles. The van der Waals surface area contributed by atoms with Crippen molar-refractivity contribution in [2.45, 2.75) is 12.8 Å². The molecule has 1 aromatic heterocycles. The van der Waals surface area contributed by atoms with E-state index in [2.05, 4.69) is 9.97 Å². The van der Waals surface area contributed by atoms with E-state index in [0.717, 1.165) is 5.56 Å². The molecule has 1 heterocycles. The second-order valence-electron chi connectivity index (χ2n) is 5.26. The highest BCUT2D eigenvalue weighted by Gasteiger charge is 2.24. The fourth-order valence-corrected chi connectivity index (χ4v) is 2.45. The van der Waals surface area contributed by atoms with E-state index in [9.17, 15) is 14.9 Å². The number of aromatic amines is 1. The van der Waals surface area contributed by atoms with Gasteiger partial charge in [-0.2, -0.15) is 5.26 Å². The number of carbonyl (C=O) groups excluding carboxylic acids is 1. The lowest BCUT2D eigenvalue weighted by Crippen LogP contribution is -2.19. The van der Waals surface area contributed by atoms with Crippen LogP contribution in [0.15, 0.2) is 53.3 Å². The molecule has 0 aliphatic carbocycles. The Labute approximate surface area is 132 Å². The van der Waals surface area contributed by atoms with Crippen LogP contribution in [0.3, 0.4) is 0 Å². The fraction of sp³-hybridized carbons (Fsp3) is 0.111. The van der Waals surface area contributed by atoms with Gasteiger partial charge in [0.05, 0.1) is 17.0 Å². The highest BCUT2D eigenvalue weighted by molar-refractivity contribution is 6.02. The molecule has 0 amide bonds. The highest BCUT2D eigenvalue weighted by Crippen LogP contribution is 2.19. The van der Waals surface area contributed by atoms with E-state index in [4.69, 9.17) is 0 Å². The summed E-state index contributed by atoms with van der Waals surface area (Å²) >= 11 is 0. The average molecular weight is 303 g/mol. The zero-order valence-electron chi connectivity index (χ0n) is 12.4. The van der Waals surface area contributed by atoms with E-state index < -0.39 is 5.92 Å². The van der Waals surface area contributed by atoms with Crippen molar-refractivity contribution in [1.29, 1.82) is 5.26 Å². The van der Waals surface area contributed by atoms with Crippen LogP contribution in [-0.4, -0.2) is 15.8 Å². The number of benzene rings is 2. The number of hydrogen-bond donors (Lipinski definition) is 1. The third kappa shape index (κ3) is 2.74. The summed E-state index contributed by atoms with van der Waals surface area (Å²) in [5.74, 6) is -1.45. The molecule has 1 atom stereocenters. The number of hydrogen-bond acceptors (Lipinski definition) is 4. The van der Waals surface area contributed by atoms with Crippen LogP contribution in [0.4, 0.5) is 0 Å². The van der Waals surface area contributed by atoms with Crippen LogP contribution in [0.25, 0.3) is 10.9 Å². The number of nitrogens with one attached hydrogen (secondary N) is 1. The zero-order valence-corrected chi connectivity index (χ0v) is 12.4. The number of Topliss-reactive ketones (excluding diaryl/α,β-unsaturated/α-hetero) is 1. The monoisotopic (exact) mass is 303 g/mol. The molecule has 1 N–H and O–H groups in total. The van der Waals surface area contributed by atoms with Gasteiger partial charge in [-0.15, -0.1) is 0 Å². The molecule has 0 saturated carbocycles. The van der Waals surface area contributed by atoms with Gasteiger partial charge in [0, 0.05) is 5.56 Å². The smallest absolute Gasteiger partial charge is 0.258 e. The van der Waals surface area contributed by atoms with E-state index in [1.807, 2.05) is 19.1 Å². The SMILES string of the molecule is Cc1cccc(C(=O)C(C#N)c2nc3ccccc3c(=O)[nH]2)c1. The summed E-state index contributed by atoms with van der Waals surface area (Å²) in [5.41, 5.74) is 1.45. The number of aryl methyl sites for hydroxylation is 1. The Bertz CT molecular complexity index is 999. The summed E-state index contributed by atoms with van der Waals surface area (Å²) in [7, 11) is 0. The molecule has 112 valence electrons. The van der Waals surface area contributed by atoms with Crippen molar-refractivity contribution in [3.63, 3.8) is 0 Å². The topological polar surface area (TPSA) is 86.6 Å². The highest BCUT2D eigenvalue weighted by atomic mass is 16.1. The Kier molecular flexibility index (Phi) is 3.73. The average Bonchev–Trinajstić information content (AvgIpc) is 2.55. The van der Waals surface area contributed by atoms with Crippen LogP contribution in [0, 0.1) is 18.3 Å². The van der Waals surface area contributed by atoms with E-state index in [1.54, 1.807) is 42.5 Å². The summed E-state index contributed by atoms with van der Waals surface area (Å²) < 4.78 is 0. The maximum atomic E-state index is 12.6. The van der Waals surface area contributed by atoms with Crippen LogP contribution in [0.2, 0.25) is 0 Å². The summed E-state index contributed by atoms with van der Waals surface area (Å²) in [5, 5.41) is 9.84. The van der Waals surface area contributed by atoms with Crippen LogP contribution in [0.1, 0.15) is 27.7 Å². The van der Waals surface area contributed by atoms with Crippen LogP contribution < -0.4 is 5.56 Å². The van der Waals surface area contributed by atoms with Gasteiger partial charge >= 0.3 is 0 Å². The van der Waals surface area contributed by atoms with E-state index in [-0.39, 0.29) is 17.2 Å². The molecule has 0 radical (unpaired) electrons. The number of rotatable bonds is 3. The number of nitriles is 1. The Balaban J connectivity index is 2.10. The Morgan fingerprint density at radius 2 is 2.00 bits per heavy atom. The standard InChI is InChI=1S/C18H13N3O2/c1-11-5-4-6-12(9-11)16(22)14(10-19)17-20-15-8-3-2-7-13(15)18(23)21-17/h2-9,14H,1H3,(H,20,21,23). The first kappa shape index (κ1) is 14.7. The van der Waals surface area contributed by atoms with Gasteiger partial charge in [0.25, 0.3) is 5.56 Å². The molecule has 3 aromatic rings. The lowest BCUT2D eigenvalue weighted by Gasteiger charge is -2.09. The number of fused-ring (bicyclic) bond motifs is 1. The van der Waals surface area contributed by atoms with Gasteiger partial charge in [0.2, 0.25) is 0 Å². The quantitative estimate of drug-likeness (QED) is 0.754. The minimum atomic E-state index is -1.14. The van der Waals surface area contributed by atoms with Gasteiger partial charge in [0.1, 0.15) is 5.82 Å². The van der Waals surface area contributed by atoms with Crippen molar-refractivity contribution >= 4 is 16.7 Å². The van der Waals surface area contributed by atoms with Crippen LogP contribution >= 0.6 is 0 Å². The van der Waals surface area contributed by atoms with Gasteiger partial charge in [-0.25, -0.2) is 4.98 Å². The van der Waals surface area contributed by atoms with E-state index in [1.165, 1.54) is 0 Å². The number of aromatic nitrogens is 2. The molecule has 0 aliphatic rings. The first-order valence-electron chi connectivity index (χ1n) is 7.09. The molecule has 0 fully saturated rings. The van der Waals surface area contributed by atoms with Crippen molar-refractivity contribution in [2.75, 3.05) is 0 Å². The van der Waals surface area contributed by atoms with Crippen molar-refractivity contribution in [3.8, 4) is 6.07 Å². The molecule has 0 bridgehead atoms. The second-order valence-corrected chi connectivity index (χ2v) is 5.26. The molecule has 5 nitrogen and oxygen atoms in total. The van der Waals surface area contributed by atoms with E-state index in [0.29, 0.717) is 16.5 Å². The third-order valence-corrected chi connectivity index (χ3v) is 3.60. The number of carbonyl (C=O) groups is 1. The first-order chi connectivity index (χ1) is 11.1. The molecule has 5 heteroatoms. The number of nitrogens with zero attached hydrogens (tertiary/aromatic N) is 2. The Hall–Kier alpha value is -3.26. The lowest BCUT2D eigenvalue weighted by atomic mass is 9.97. The molecule has 23 heavy (non-hydrogen) atoms. The van der Waals surface area contributed by atoms with Gasteiger partial charge in [-0.1, -0.05) is 35.9 Å². The van der Waals surface area contributed by atoms with Crippen molar-refractivity contribution < 1.29 is 4.79 Å². The van der Waals surface area contributed by atoms with Crippen molar-refractivity contribution in [1.82, 2.24) is 9.97 Å². The summed E-state index contributed by atoms with van der Waals surface area (Å²) in [6.07, 6.45) is 0. The zero-order chi connectivity index (χ0) is 16.4. The third-order valence-electron chi connectivity index (χ3n) is 3.60. The van der Waals surface area contributed by atoms with Gasteiger partial charge in [-0.3, -0.25) is 9.59 Å². The largest absolute Gasteiger partial charge is 0.308 e. The maximum Gasteiger partial charge on any atom is 0.258 e. The first-order valence-corrected chi connectivity index (χ1v) is 7.09. The lowest BCUT2D eigenvalue weighted by molar-refractivity contribution is 0.0976. The number of ketones is 1. The molecule has 0 spiro atoms. The molecule has 2 aromatic carbocycles. The van der Waals surface area contributed by atoms with Crippen molar-refractivity contribution in [3.05, 3.63) is 75.8 Å².